The minimum atomic E-state index is -0.00385. The summed E-state index contributed by atoms with van der Waals surface area (Å²) in [6.45, 7) is 1.37. The van der Waals surface area contributed by atoms with E-state index in [9.17, 15) is 4.79 Å². The van der Waals surface area contributed by atoms with Crippen molar-refractivity contribution >= 4 is 33.8 Å². The fourth-order valence-electron chi connectivity index (χ4n) is 2.87. The van der Waals surface area contributed by atoms with Crippen molar-refractivity contribution in [1.29, 1.82) is 0 Å². The van der Waals surface area contributed by atoms with Gasteiger partial charge in [-0.25, -0.2) is 4.98 Å². The molecule has 0 bridgehead atoms. The molecular weight excluding hydrogens is 346 g/mol. The maximum absolute atomic E-state index is 12.6. The lowest BCUT2D eigenvalue weighted by Gasteiger charge is -2.31. The highest BCUT2D eigenvalue weighted by Gasteiger charge is 2.26. The Morgan fingerprint density at radius 2 is 2.00 bits per heavy atom. The van der Waals surface area contributed by atoms with Crippen LogP contribution in [0.1, 0.15) is 23.3 Å². The van der Waals surface area contributed by atoms with Crippen molar-refractivity contribution in [2.75, 3.05) is 13.1 Å². The molecule has 7 heteroatoms. The van der Waals surface area contributed by atoms with Crippen LogP contribution in [0.4, 0.5) is 0 Å². The summed E-state index contributed by atoms with van der Waals surface area (Å²) in [7, 11) is 0. The number of hydrogen-bond donors (Lipinski definition) is 0. The van der Waals surface area contributed by atoms with E-state index in [-0.39, 0.29) is 12.0 Å². The monoisotopic (exact) mass is 361 g/mol. The number of hydrogen-bond acceptors (Lipinski definition) is 4. The Kier molecular flexibility index (Phi) is 4.16. The van der Waals surface area contributed by atoms with Crippen molar-refractivity contribution in [1.82, 2.24) is 14.3 Å². The number of fused-ring (bicyclic) bond motifs is 1. The number of likely N-dealkylation sites (tertiary alicyclic amines) is 1. The molecule has 3 heterocycles. The van der Waals surface area contributed by atoms with Gasteiger partial charge >= 0.3 is 0 Å². The van der Waals surface area contributed by atoms with Crippen molar-refractivity contribution in [3.05, 3.63) is 52.8 Å². The van der Waals surface area contributed by atoms with Crippen LogP contribution in [0, 0.1) is 0 Å². The van der Waals surface area contributed by atoms with Crippen LogP contribution in [0.3, 0.4) is 0 Å². The van der Waals surface area contributed by atoms with Crippen molar-refractivity contribution in [2.24, 2.45) is 0 Å². The number of amides is 1. The molecule has 5 nitrogen and oxygen atoms in total. The third-order valence-electron chi connectivity index (χ3n) is 4.16. The Balaban J connectivity index is 1.36. The lowest BCUT2D eigenvalue weighted by atomic mass is 10.1. The van der Waals surface area contributed by atoms with E-state index < -0.39 is 0 Å². The highest BCUT2D eigenvalue weighted by atomic mass is 35.5. The van der Waals surface area contributed by atoms with Gasteiger partial charge in [0.25, 0.3) is 5.91 Å². The maximum Gasteiger partial charge on any atom is 0.274 e. The second-order valence-electron chi connectivity index (χ2n) is 5.78. The van der Waals surface area contributed by atoms with Gasteiger partial charge in [0.2, 0.25) is 0 Å². The van der Waals surface area contributed by atoms with Gasteiger partial charge in [-0.05, 0) is 24.3 Å². The number of nitrogens with zero attached hydrogens (tertiary/aromatic N) is 3. The van der Waals surface area contributed by atoms with Gasteiger partial charge in [0.05, 0.1) is 0 Å². The molecule has 3 aromatic rings. The van der Waals surface area contributed by atoms with E-state index in [1.807, 2.05) is 45.1 Å². The van der Waals surface area contributed by atoms with Crippen LogP contribution in [0.2, 0.25) is 5.02 Å². The molecule has 0 N–H and O–H groups in total. The molecule has 2 aromatic heterocycles. The Morgan fingerprint density at radius 1 is 1.25 bits per heavy atom. The summed E-state index contributed by atoms with van der Waals surface area (Å²) >= 11 is 7.41. The first kappa shape index (κ1) is 15.5. The van der Waals surface area contributed by atoms with Crippen LogP contribution in [-0.2, 0) is 0 Å². The maximum atomic E-state index is 12.6. The topological polar surface area (TPSA) is 46.8 Å². The van der Waals surface area contributed by atoms with Gasteiger partial charge < -0.3 is 9.64 Å². The molecule has 1 fully saturated rings. The van der Waals surface area contributed by atoms with Crippen LogP contribution in [0.25, 0.3) is 4.96 Å². The van der Waals surface area contributed by atoms with Crippen molar-refractivity contribution in [3.63, 3.8) is 0 Å². The molecule has 0 atom stereocenters. The first-order valence-electron chi connectivity index (χ1n) is 7.83. The molecule has 1 saturated heterocycles. The van der Waals surface area contributed by atoms with Crippen LogP contribution < -0.4 is 4.74 Å². The van der Waals surface area contributed by atoms with Crippen LogP contribution in [-0.4, -0.2) is 39.4 Å². The molecule has 124 valence electrons. The first-order valence-corrected chi connectivity index (χ1v) is 9.08. The molecule has 1 aliphatic heterocycles. The normalized spacial score (nSPS) is 15.8. The molecule has 0 aliphatic carbocycles. The van der Waals surface area contributed by atoms with Crippen LogP contribution in [0.5, 0.6) is 5.75 Å². The highest BCUT2D eigenvalue weighted by Crippen LogP contribution is 2.22. The predicted molar refractivity (Wildman–Crippen MR) is 94.1 cm³/mol. The van der Waals surface area contributed by atoms with Crippen molar-refractivity contribution in [2.45, 2.75) is 18.9 Å². The average Bonchev–Trinajstić information content (AvgIpc) is 3.19. The van der Waals surface area contributed by atoms with Crippen molar-refractivity contribution < 1.29 is 9.53 Å². The molecule has 4 rings (SSSR count). The second-order valence-corrected chi connectivity index (χ2v) is 7.09. The van der Waals surface area contributed by atoms with Crippen LogP contribution in [0.15, 0.2) is 42.0 Å². The molecule has 0 saturated carbocycles. The fourth-order valence-corrected chi connectivity index (χ4v) is 3.70. The second kappa shape index (κ2) is 6.45. The summed E-state index contributed by atoms with van der Waals surface area (Å²) in [5.41, 5.74) is 0.513. The number of aromatic nitrogens is 2. The van der Waals surface area contributed by atoms with E-state index in [4.69, 9.17) is 16.3 Å². The number of benzene rings is 1. The Morgan fingerprint density at radius 3 is 2.71 bits per heavy atom. The number of ether oxygens (including phenoxy) is 1. The van der Waals surface area contributed by atoms with Crippen LogP contribution >= 0.6 is 22.9 Å². The molecule has 1 aliphatic rings. The minimum absolute atomic E-state index is 0.00385. The fraction of sp³-hybridized carbons (Fsp3) is 0.294. The molecular formula is C17H16ClN3O2S. The van der Waals surface area contributed by atoms with Crippen molar-refractivity contribution in [3.8, 4) is 5.75 Å². The quantitative estimate of drug-likeness (QED) is 0.714. The van der Waals surface area contributed by atoms with Gasteiger partial charge in [-0.15, -0.1) is 11.3 Å². The zero-order chi connectivity index (χ0) is 16.5. The van der Waals surface area contributed by atoms with Gasteiger partial charge in [0, 0.05) is 48.7 Å². The van der Waals surface area contributed by atoms with E-state index in [1.165, 1.54) is 11.3 Å². The minimum Gasteiger partial charge on any atom is -0.490 e. The highest BCUT2D eigenvalue weighted by molar-refractivity contribution is 7.15. The number of piperidine rings is 1. The molecule has 0 radical (unpaired) electrons. The zero-order valence-corrected chi connectivity index (χ0v) is 14.5. The van der Waals surface area contributed by atoms with Gasteiger partial charge in [-0.1, -0.05) is 11.6 Å². The number of imidazole rings is 1. The van der Waals surface area contributed by atoms with Gasteiger partial charge in [-0.2, -0.15) is 0 Å². The predicted octanol–water partition coefficient (Wildman–Crippen LogP) is 3.73. The summed E-state index contributed by atoms with van der Waals surface area (Å²) in [6, 6.07) is 7.38. The molecule has 1 aromatic carbocycles. The number of carbonyl (C=O) groups is 1. The standard InChI is InChI=1S/C17H16ClN3O2S/c18-12-1-3-13(4-2-12)23-14-5-7-20(8-6-14)16(22)15-11-21-9-10-24-17(21)19-15/h1-4,9-11,14H,5-8H2. The van der Waals surface area contributed by atoms with E-state index in [0.717, 1.165) is 23.6 Å². The van der Waals surface area contributed by atoms with Gasteiger partial charge in [-0.3, -0.25) is 9.20 Å². The van der Waals surface area contributed by atoms with Gasteiger partial charge in [0.15, 0.2) is 4.96 Å². The lowest BCUT2D eigenvalue weighted by molar-refractivity contribution is 0.0591. The summed E-state index contributed by atoms with van der Waals surface area (Å²) in [5.74, 6) is 0.814. The Hall–Kier alpha value is -2.05. The SMILES string of the molecule is O=C(c1cn2ccsc2n1)N1CCC(Oc2ccc(Cl)cc2)CC1. The van der Waals surface area contributed by atoms with Gasteiger partial charge in [0.1, 0.15) is 17.5 Å². The number of halogens is 1. The number of carbonyl (C=O) groups excluding carboxylic acids is 1. The largest absolute Gasteiger partial charge is 0.490 e. The first-order chi connectivity index (χ1) is 11.7. The third-order valence-corrected chi connectivity index (χ3v) is 5.18. The Labute approximate surface area is 148 Å². The number of rotatable bonds is 3. The molecule has 24 heavy (non-hydrogen) atoms. The summed E-state index contributed by atoms with van der Waals surface area (Å²) in [6.07, 6.45) is 5.47. The molecule has 0 unspecified atom stereocenters. The van der Waals surface area contributed by atoms with E-state index in [1.54, 1.807) is 6.20 Å². The third kappa shape index (κ3) is 3.12. The molecule has 0 spiro atoms. The number of thiazole rings is 1. The zero-order valence-electron chi connectivity index (χ0n) is 12.9. The lowest BCUT2D eigenvalue weighted by Crippen LogP contribution is -2.41. The average molecular weight is 362 g/mol. The Bertz CT molecular complexity index is 822. The summed E-state index contributed by atoms with van der Waals surface area (Å²) in [4.78, 5) is 19.7. The van der Waals surface area contributed by atoms with E-state index >= 15 is 0 Å². The summed E-state index contributed by atoms with van der Waals surface area (Å²) in [5, 5.41) is 2.65. The van der Waals surface area contributed by atoms with E-state index in [2.05, 4.69) is 4.98 Å². The summed E-state index contributed by atoms with van der Waals surface area (Å²) < 4.78 is 7.85. The smallest absolute Gasteiger partial charge is 0.274 e. The van der Waals surface area contributed by atoms with E-state index in [0.29, 0.717) is 23.8 Å². The molecule has 1 amide bonds.